The molecule has 0 spiro atoms. The minimum absolute atomic E-state index is 0.230. The van der Waals surface area contributed by atoms with Crippen LogP contribution in [0.2, 0.25) is 0 Å². The maximum atomic E-state index is 11.4. The fourth-order valence-corrected chi connectivity index (χ4v) is 3.87. The summed E-state index contributed by atoms with van der Waals surface area (Å²) in [5.74, 6) is 0.590. The molecule has 2 heterocycles. The van der Waals surface area contributed by atoms with Crippen LogP contribution in [-0.2, 0) is 9.47 Å². The molecule has 2 atom stereocenters. The number of aliphatic hydroxyl groups excluding tert-OH is 1. The van der Waals surface area contributed by atoms with E-state index in [0.29, 0.717) is 34.0 Å². The number of hydrogen-bond acceptors (Lipinski definition) is 8. The topological polar surface area (TPSA) is 101 Å². The van der Waals surface area contributed by atoms with Crippen LogP contribution in [0.4, 0.5) is 6.01 Å². The Labute approximate surface area is 180 Å². The first-order valence-electron chi connectivity index (χ1n) is 9.97. The minimum Gasteiger partial charge on any atom is -0.485 e. The van der Waals surface area contributed by atoms with Gasteiger partial charge < -0.3 is 28.6 Å². The highest BCUT2D eigenvalue weighted by Crippen LogP contribution is 2.45. The molecule has 162 valence electrons. The molecule has 0 amide bonds. The van der Waals surface area contributed by atoms with Gasteiger partial charge in [-0.3, -0.25) is 0 Å². The molecule has 0 saturated heterocycles. The fraction of sp³-hybridized carbons (Fsp3) is 0.391. The van der Waals surface area contributed by atoms with Crippen LogP contribution in [0.5, 0.6) is 5.75 Å². The second-order valence-electron chi connectivity index (χ2n) is 7.98. The molecule has 8 heteroatoms. The highest BCUT2D eigenvalue weighted by Gasteiger charge is 2.47. The number of methoxy groups -OCH3 is 2. The van der Waals surface area contributed by atoms with Crippen LogP contribution in [0.15, 0.2) is 46.9 Å². The first-order chi connectivity index (χ1) is 14.9. The Morgan fingerprint density at radius 2 is 1.97 bits per heavy atom. The van der Waals surface area contributed by atoms with Crippen molar-refractivity contribution >= 4 is 17.1 Å². The molecule has 1 aliphatic heterocycles. The molecule has 3 aromatic rings. The van der Waals surface area contributed by atoms with Crippen molar-refractivity contribution in [3.63, 3.8) is 0 Å². The third-order valence-corrected chi connectivity index (χ3v) is 5.58. The molecule has 1 aliphatic rings. The number of fused-ring (bicyclic) bond motifs is 2. The molecule has 0 bridgehead atoms. The molecule has 0 aliphatic carbocycles. The van der Waals surface area contributed by atoms with E-state index in [2.05, 4.69) is 11.1 Å². The van der Waals surface area contributed by atoms with Crippen molar-refractivity contribution in [1.29, 1.82) is 5.26 Å². The van der Waals surface area contributed by atoms with Crippen molar-refractivity contribution in [3.8, 4) is 11.8 Å². The number of aromatic nitrogens is 1. The third-order valence-electron chi connectivity index (χ3n) is 5.58. The summed E-state index contributed by atoms with van der Waals surface area (Å²) in [6, 6.07) is 14.5. The van der Waals surface area contributed by atoms with Gasteiger partial charge in [0.05, 0.1) is 24.2 Å². The highest BCUT2D eigenvalue weighted by atomic mass is 16.7. The standard InChI is InChI=1S/C23H25N3O5/c1-23(2)21(27)20(15-11-14(12-24)9-10-17(15)31-23)26(13-19(28-3)29-4)22-25-16-7-5-6-8-18(16)30-22/h5-11,19-21,27H,13H2,1-4H3/t20?,21-/m1/s1. The number of ether oxygens (including phenoxy) is 3. The summed E-state index contributed by atoms with van der Waals surface area (Å²) in [7, 11) is 3.09. The quantitative estimate of drug-likeness (QED) is 0.602. The first-order valence-corrected chi connectivity index (χ1v) is 9.97. The van der Waals surface area contributed by atoms with Crippen molar-refractivity contribution in [1.82, 2.24) is 4.98 Å². The largest absolute Gasteiger partial charge is 0.485 e. The Bertz CT molecular complexity index is 1080. The van der Waals surface area contributed by atoms with E-state index in [1.165, 1.54) is 0 Å². The lowest BCUT2D eigenvalue weighted by molar-refractivity contribution is -0.102. The fourth-order valence-electron chi connectivity index (χ4n) is 3.87. The molecular formula is C23H25N3O5. The molecule has 1 aromatic heterocycles. The summed E-state index contributed by atoms with van der Waals surface area (Å²) in [5, 5.41) is 20.8. The van der Waals surface area contributed by atoms with E-state index in [-0.39, 0.29) is 6.54 Å². The molecule has 2 aromatic carbocycles. The average molecular weight is 423 g/mol. The lowest BCUT2D eigenvalue weighted by Gasteiger charge is -2.46. The van der Waals surface area contributed by atoms with E-state index >= 15 is 0 Å². The zero-order valence-electron chi connectivity index (χ0n) is 17.9. The van der Waals surface area contributed by atoms with Crippen LogP contribution in [0, 0.1) is 11.3 Å². The predicted molar refractivity (Wildman–Crippen MR) is 114 cm³/mol. The summed E-state index contributed by atoms with van der Waals surface area (Å²) >= 11 is 0. The van der Waals surface area contributed by atoms with Crippen LogP contribution >= 0.6 is 0 Å². The third kappa shape index (κ3) is 3.83. The van der Waals surface area contributed by atoms with Crippen LogP contribution < -0.4 is 9.64 Å². The second kappa shape index (κ2) is 8.19. The van der Waals surface area contributed by atoms with E-state index in [1.54, 1.807) is 32.4 Å². The van der Waals surface area contributed by atoms with Crippen molar-refractivity contribution in [2.24, 2.45) is 0 Å². The van der Waals surface area contributed by atoms with E-state index < -0.39 is 24.0 Å². The molecular weight excluding hydrogens is 398 g/mol. The molecule has 0 radical (unpaired) electrons. The van der Waals surface area contributed by atoms with Gasteiger partial charge in [0.1, 0.15) is 23.0 Å². The number of anilines is 1. The number of aliphatic hydroxyl groups is 1. The molecule has 1 unspecified atom stereocenters. The lowest BCUT2D eigenvalue weighted by Crippen LogP contribution is -2.55. The minimum atomic E-state index is -0.960. The average Bonchev–Trinajstić information content (AvgIpc) is 3.20. The van der Waals surface area contributed by atoms with Gasteiger partial charge in [0, 0.05) is 19.8 Å². The summed E-state index contributed by atoms with van der Waals surface area (Å²) in [4.78, 5) is 6.45. The highest BCUT2D eigenvalue weighted by molar-refractivity contribution is 5.74. The van der Waals surface area contributed by atoms with Gasteiger partial charge in [0.25, 0.3) is 6.01 Å². The molecule has 0 fully saturated rings. The van der Waals surface area contributed by atoms with Crippen molar-refractivity contribution in [2.75, 3.05) is 25.7 Å². The number of nitriles is 1. The van der Waals surface area contributed by atoms with Gasteiger partial charge in [-0.1, -0.05) is 12.1 Å². The van der Waals surface area contributed by atoms with E-state index in [1.807, 2.05) is 43.0 Å². The van der Waals surface area contributed by atoms with Crippen LogP contribution in [0.25, 0.3) is 11.1 Å². The number of nitrogens with zero attached hydrogens (tertiary/aromatic N) is 3. The maximum Gasteiger partial charge on any atom is 0.299 e. The van der Waals surface area contributed by atoms with Crippen LogP contribution in [0.3, 0.4) is 0 Å². The van der Waals surface area contributed by atoms with Crippen molar-refractivity contribution in [3.05, 3.63) is 53.6 Å². The molecule has 4 rings (SSSR count). The molecule has 8 nitrogen and oxygen atoms in total. The number of para-hydroxylation sites is 2. The Hall–Kier alpha value is -3.12. The molecule has 0 saturated carbocycles. The van der Waals surface area contributed by atoms with Gasteiger partial charge in [-0.2, -0.15) is 10.2 Å². The number of oxazole rings is 1. The van der Waals surface area contributed by atoms with Crippen molar-refractivity contribution in [2.45, 2.75) is 37.9 Å². The molecule has 31 heavy (non-hydrogen) atoms. The number of rotatable bonds is 6. The monoisotopic (exact) mass is 423 g/mol. The summed E-state index contributed by atoms with van der Waals surface area (Å²) in [6.07, 6.45) is -1.56. The number of benzene rings is 2. The number of hydrogen-bond donors (Lipinski definition) is 1. The van der Waals surface area contributed by atoms with Gasteiger partial charge in [-0.15, -0.1) is 0 Å². The zero-order valence-corrected chi connectivity index (χ0v) is 17.9. The summed E-state index contributed by atoms with van der Waals surface area (Å²) in [5.41, 5.74) is 1.55. The maximum absolute atomic E-state index is 11.4. The molecule has 1 N–H and O–H groups in total. The van der Waals surface area contributed by atoms with Gasteiger partial charge >= 0.3 is 0 Å². The van der Waals surface area contributed by atoms with E-state index in [4.69, 9.17) is 18.6 Å². The van der Waals surface area contributed by atoms with Gasteiger partial charge in [0.2, 0.25) is 0 Å². The lowest BCUT2D eigenvalue weighted by atomic mass is 9.85. The second-order valence-corrected chi connectivity index (χ2v) is 7.98. The smallest absolute Gasteiger partial charge is 0.299 e. The normalized spacial score (nSPS) is 19.6. The van der Waals surface area contributed by atoms with Gasteiger partial charge in [-0.05, 0) is 44.2 Å². The summed E-state index contributed by atoms with van der Waals surface area (Å²) in [6.45, 7) is 3.87. The Balaban J connectivity index is 1.89. The summed E-state index contributed by atoms with van der Waals surface area (Å²) < 4.78 is 23.0. The van der Waals surface area contributed by atoms with Crippen LogP contribution in [-0.4, -0.2) is 48.8 Å². The predicted octanol–water partition coefficient (Wildman–Crippen LogP) is 3.40. The zero-order chi connectivity index (χ0) is 22.2. The SMILES string of the molecule is COC(CN(c1nc2ccccc2o1)C1c2cc(C#N)ccc2OC(C)(C)[C@@H]1O)OC. The van der Waals surface area contributed by atoms with Crippen LogP contribution in [0.1, 0.15) is 31.0 Å². The Morgan fingerprint density at radius 1 is 1.23 bits per heavy atom. The van der Waals surface area contributed by atoms with Crippen molar-refractivity contribution < 1.29 is 23.7 Å². The van der Waals surface area contributed by atoms with Gasteiger partial charge in [-0.25, -0.2) is 0 Å². The Morgan fingerprint density at radius 3 is 2.65 bits per heavy atom. The van der Waals surface area contributed by atoms with E-state index in [9.17, 15) is 10.4 Å². The first kappa shape index (κ1) is 21.1. The Kier molecular flexibility index (Phi) is 5.58. The van der Waals surface area contributed by atoms with E-state index in [0.717, 1.165) is 0 Å². The van der Waals surface area contributed by atoms with Gasteiger partial charge in [0.15, 0.2) is 11.9 Å².